The molecule has 3 unspecified atom stereocenters. The van der Waals surface area contributed by atoms with Crippen molar-refractivity contribution >= 4 is 5.97 Å². The number of nitrogens with zero attached hydrogens (tertiary/aromatic N) is 3. The zero-order valence-corrected chi connectivity index (χ0v) is 11.7. The second kappa shape index (κ2) is 7.03. The van der Waals surface area contributed by atoms with Gasteiger partial charge in [-0.25, -0.2) is 4.79 Å². The monoisotopic (exact) mass is 305 g/mol. The van der Waals surface area contributed by atoms with Gasteiger partial charge in [0.2, 0.25) is 0 Å². The number of methoxy groups -OCH3 is 1. The van der Waals surface area contributed by atoms with Crippen LogP contribution in [0, 0.1) is 5.92 Å². The van der Waals surface area contributed by atoms with Crippen molar-refractivity contribution in [2.75, 3.05) is 13.7 Å². The van der Waals surface area contributed by atoms with Crippen molar-refractivity contribution in [3.05, 3.63) is 10.4 Å². The highest BCUT2D eigenvalue weighted by molar-refractivity contribution is 5.77. The molecule has 120 valence electrons. The van der Waals surface area contributed by atoms with Gasteiger partial charge in [0.05, 0.1) is 32.0 Å². The molecule has 0 bridgehead atoms. The lowest BCUT2D eigenvalue weighted by Gasteiger charge is -2.43. The minimum Gasteiger partial charge on any atom is -0.465 e. The van der Waals surface area contributed by atoms with Crippen LogP contribution >= 0.6 is 0 Å². The van der Waals surface area contributed by atoms with Gasteiger partial charge in [-0.3, -0.25) is 0 Å². The molecule has 4 N–H and O–H groups in total. The first-order valence-corrected chi connectivity index (χ1v) is 6.30. The first-order valence-electron chi connectivity index (χ1n) is 6.30. The molecule has 0 saturated carbocycles. The Hall–Kier alpha value is -1.42. The molecule has 21 heavy (non-hydrogen) atoms. The molecule has 0 amide bonds. The van der Waals surface area contributed by atoms with E-state index < -0.39 is 55.1 Å². The lowest BCUT2D eigenvalue weighted by Crippen LogP contribution is -2.60. The first-order chi connectivity index (χ1) is 9.76. The summed E-state index contributed by atoms with van der Waals surface area (Å²) < 4.78 is 9.54. The van der Waals surface area contributed by atoms with Crippen LogP contribution < -0.4 is 0 Å². The molecule has 0 spiro atoms. The van der Waals surface area contributed by atoms with E-state index in [0.717, 1.165) is 7.11 Å². The zero-order valence-electron chi connectivity index (χ0n) is 11.7. The summed E-state index contributed by atoms with van der Waals surface area (Å²) in [6.07, 6.45) is -5.87. The van der Waals surface area contributed by atoms with Crippen molar-refractivity contribution in [2.24, 2.45) is 11.0 Å². The van der Waals surface area contributed by atoms with Crippen LogP contribution in [0.4, 0.5) is 0 Å². The summed E-state index contributed by atoms with van der Waals surface area (Å²) in [6.45, 7) is 1.10. The molecule has 10 heteroatoms. The molecule has 6 atom stereocenters. The Morgan fingerprint density at radius 1 is 1.62 bits per heavy atom. The van der Waals surface area contributed by atoms with Gasteiger partial charge >= 0.3 is 5.97 Å². The minimum atomic E-state index is -2.41. The van der Waals surface area contributed by atoms with Crippen LogP contribution in [0.2, 0.25) is 0 Å². The topological polar surface area (TPSA) is 165 Å². The number of aliphatic hydroxyl groups is 4. The standard InChI is InChI=1S/C11H19N3O7/c1-5-6(15)3-11(19,10(18)20-2)21-9(5)8(17)7(16)4-13-14-12/h5-9,15-17,19H,3-4H2,1-2H3/t5-,6-,7?,8?,9?,11-/m1/s1. The Morgan fingerprint density at radius 3 is 2.76 bits per heavy atom. The Balaban J connectivity index is 2.92. The molecule has 1 rings (SSSR count). The Kier molecular flexibility index (Phi) is 5.90. The maximum atomic E-state index is 11.5. The van der Waals surface area contributed by atoms with E-state index in [1.54, 1.807) is 0 Å². The van der Waals surface area contributed by atoms with Gasteiger partial charge in [-0.1, -0.05) is 12.0 Å². The van der Waals surface area contributed by atoms with Gasteiger partial charge in [0.1, 0.15) is 6.10 Å². The first kappa shape index (κ1) is 17.6. The molecule has 1 aliphatic rings. The fourth-order valence-electron chi connectivity index (χ4n) is 2.19. The molecule has 1 fully saturated rings. The van der Waals surface area contributed by atoms with Crippen molar-refractivity contribution < 1.29 is 34.7 Å². The van der Waals surface area contributed by atoms with Gasteiger partial charge in [-0.05, 0) is 5.53 Å². The van der Waals surface area contributed by atoms with Crippen LogP contribution in [-0.2, 0) is 14.3 Å². The third kappa shape index (κ3) is 3.82. The van der Waals surface area contributed by atoms with E-state index in [9.17, 15) is 25.2 Å². The van der Waals surface area contributed by atoms with Crippen molar-refractivity contribution in [2.45, 2.75) is 43.5 Å². The highest BCUT2D eigenvalue weighted by atomic mass is 16.7. The van der Waals surface area contributed by atoms with Gasteiger partial charge in [0, 0.05) is 17.3 Å². The Labute approximate surface area is 120 Å². The predicted octanol–water partition coefficient (Wildman–Crippen LogP) is -1.33. The Bertz CT molecular complexity index is 428. The average molecular weight is 305 g/mol. The summed E-state index contributed by atoms with van der Waals surface area (Å²) in [4.78, 5) is 14.0. The van der Waals surface area contributed by atoms with Crippen molar-refractivity contribution in [1.29, 1.82) is 0 Å². The van der Waals surface area contributed by atoms with Crippen molar-refractivity contribution in [3.63, 3.8) is 0 Å². The number of hydrogen-bond acceptors (Lipinski definition) is 8. The van der Waals surface area contributed by atoms with Crippen LogP contribution in [0.25, 0.3) is 10.4 Å². The van der Waals surface area contributed by atoms with E-state index in [-0.39, 0.29) is 0 Å². The van der Waals surface area contributed by atoms with Crippen molar-refractivity contribution in [1.82, 2.24) is 0 Å². The van der Waals surface area contributed by atoms with Gasteiger partial charge in [0.15, 0.2) is 0 Å². The molecule has 0 aromatic rings. The van der Waals surface area contributed by atoms with E-state index in [4.69, 9.17) is 10.3 Å². The summed E-state index contributed by atoms with van der Waals surface area (Å²) in [5, 5.41) is 42.8. The lowest BCUT2D eigenvalue weighted by molar-refractivity contribution is -0.302. The third-order valence-electron chi connectivity index (χ3n) is 3.51. The SMILES string of the molecule is COC(=O)[C@@]1(O)C[C@@H](O)[C@@H](C)C(C(O)C(O)CN=[N+]=[N-])O1. The van der Waals surface area contributed by atoms with E-state index in [2.05, 4.69) is 14.8 Å². The lowest BCUT2D eigenvalue weighted by atomic mass is 9.84. The number of rotatable bonds is 5. The Morgan fingerprint density at radius 2 is 2.24 bits per heavy atom. The van der Waals surface area contributed by atoms with Crippen LogP contribution in [0.3, 0.4) is 0 Å². The molecule has 1 aliphatic heterocycles. The molecule has 0 aromatic carbocycles. The molecule has 10 nitrogen and oxygen atoms in total. The molecule has 0 radical (unpaired) electrons. The highest BCUT2D eigenvalue weighted by Crippen LogP contribution is 2.34. The number of carbonyl (C=O) groups is 1. The molecular weight excluding hydrogens is 286 g/mol. The number of azide groups is 1. The number of carbonyl (C=O) groups excluding carboxylic acids is 1. The summed E-state index contributed by atoms with van der Waals surface area (Å²) in [5.74, 6) is -4.20. The largest absolute Gasteiger partial charge is 0.465 e. The van der Waals surface area contributed by atoms with Crippen LogP contribution in [0.1, 0.15) is 13.3 Å². The molecule has 1 heterocycles. The minimum absolute atomic E-state index is 0.420. The molecular formula is C11H19N3O7. The van der Waals surface area contributed by atoms with Crippen LogP contribution in [0.5, 0.6) is 0 Å². The number of aliphatic hydroxyl groups excluding tert-OH is 3. The normalized spacial score (nSPS) is 35.4. The van der Waals surface area contributed by atoms with Crippen LogP contribution in [0.15, 0.2) is 5.11 Å². The summed E-state index contributed by atoms with van der Waals surface area (Å²) in [7, 11) is 1.04. The van der Waals surface area contributed by atoms with Gasteiger partial charge < -0.3 is 29.9 Å². The average Bonchev–Trinajstić information content (AvgIpc) is 2.46. The second-order valence-corrected chi connectivity index (χ2v) is 4.96. The summed E-state index contributed by atoms with van der Waals surface area (Å²) in [5.41, 5.74) is 8.18. The maximum absolute atomic E-state index is 11.5. The third-order valence-corrected chi connectivity index (χ3v) is 3.51. The number of hydrogen-bond donors (Lipinski definition) is 4. The summed E-state index contributed by atoms with van der Waals surface area (Å²) in [6, 6.07) is 0. The smallest absolute Gasteiger partial charge is 0.366 e. The van der Waals surface area contributed by atoms with Crippen LogP contribution in [-0.4, -0.2) is 70.3 Å². The van der Waals surface area contributed by atoms with Crippen molar-refractivity contribution in [3.8, 4) is 0 Å². The maximum Gasteiger partial charge on any atom is 0.366 e. The summed E-state index contributed by atoms with van der Waals surface area (Å²) >= 11 is 0. The highest BCUT2D eigenvalue weighted by Gasteiger charge is 2.52. The number of esters is 1. The molecule has 0 aromatic heterocycles. The zero-order chi connectivity index (χ0) is 16.2. The predicted molar refractivity (Wildman–Crippen MR) is 67.7 cm³/mol. The van der Waals surface area contributed by atoms with E-state index >= 15 is 0 Å². The molecule has 0 aliphatic carbocycles. The van der Waals surface area contributed by atoms with E-state index in [1.807, 2.05) is 0 Å². The fraction of sp³-hybridized carbons (Fsp3) is 0.909. The fourth-order valence-corrected chi connectivity index (χ4v) is 2.19. The second-order valence-electron chi connectivity index (χ2n) is 4.96. The van der Waals surface area contributed by atoms with E-state index in [1.165, 1.54) is 6.92 Å². The molecule has 1 saturated heterocycles. The quantitative estimate of drug-likeness (QED) is 0.211. The van der Waals surface area contributed by atoms with E-state index in [0.29, 0.717) is 0 Å². The van der Waals surface area contributed by atoms with Gasteiger partial charge in [0.25, 0.3) is 5.79 Å². The number of ether oxygens (including phenoxy) is 2. The van der Waals surface area contributed by atoms with Gasteiger partial charge in [-0.2, -0.15) is 0 Å². The van der Waals surface area contributed by atoms with Gasteiger partial charge in [-0.15, -0.1) is 0 Å².